The molecule has 2 saturated heterocycles. The van der Waals surface area contributed by atoms with Gasteiger partial charge in [0.15, 0.2) is 0 Å². The van der Waals surface area contributed by atoms with E-state index in [1.165, 1.54) is 13.0 Å². The number of rotatable bonds is 2. The molecule has 94 valence electrons. The van der Waals surface area contributed by atoms with Crippen molar-refractivity contribution in [1.29, 1.82) is 0 Å². The summed E-state index contributed by atoms with van der Waals surface area (Å²) in [6, 6.07) is 0.637. The molecule has 1 N–H and O–H groups in total. The number of hydrogen-bond donors (Lipinski definition) is 1. The average Bonchev–Trinajstić information content (AvgIpc) is 2.61. The van der Waals surface area contributed by atoms with E-state index in [0.717, 1.165) is 19.7 Å². The monoisotopic (exact) mass is 226 g/mol. The van der Waals surface area contributed by atoms with Crippen molar-refractivity contribution < 1.29 is 4.74 Å². The molecular formula is C13H26N2O. The molecule has 0 amide bonds. The summed E-state index contributed by atoms with van der Waals surface area (Å²) in [4.78, 5) is 2.64. The van der Waals surface area contributed by atoms with Gasteiger partial charge in [-0.25, -0.2) is 0 Å². The molecule has 0 aromatic carbocycles. The van der Waals surface area contributed by atoms with Gasteiger partial charge in [-0.1, -0.05) is 13.8 Å². The van der Waals surface area contributed by atoms with Crippen molar-refractivity contribution in [2.75, 3.05) is 26.2 Å². The molecular weight excluding hydrogens is 200 g/mol. The Morgan fingerprint density at radius 3 is 2.75 bits per heavy atom. The number of nitrogens with one attached hydrogen (secondary N) is 1. The highest BCUT2D eigenvalue weighted by molar-refractivity contribution is 4.99. The van der Waals surface area contributed by atoms with E-state index < -0.39 is 0 Å². The number of hydrogen-bond acceptors (Lipinski definition) is 3. The molecule has 2 rings (SSSR count). The Morgan fingerprint density at radius 2 is 2.19 bits per heavy atom. The highest BCUT2D eigenvalue weighted by atomic mass is 16.5. The van der Waals surface area contributed by atoms with Gasteiger partial charge < -0.3 is 10.1 Å². The third kappa shape index (κ3) is 2.13. The summed E-state index contributed by atoms with van der Waals surface area (Å²) in [6.07, 6.45) is 1.55. The summed E-state index contributed by atoms with van der Waals surface area (Å²) in [6.45, 7) is 13.6. The van der Waals surface area contributed by atoms with Crippen LogP contribution in [0, 0.1) is 5.92 Å². The first-order chi connectivity index (χ1) is 7.54. The van der Waals surface area contributed by atoms with Gasteiger partial charge in [0.25, 0.3) is 0 Å². The molecule has 3 heteroatoms. The summed E-state index contributed by atoms with van der Waals surface area (Å²) in [5.41, 5.74) is 0.259. The Bertz CT molecular complexity index is 244. The van der Waals surface area contributed by atoms with Crippen molar-refractivity contribution in [3.05, 3.63) is 0 Å². The number of piperazine rings is 1. The van der Waals surface area contributed by atoms with Crippen LogP contribution in [0.4, 0.5) is 0 Å². The van der Waals surface area contributed by atoms with Gasteiger partial charge in [0.1, 0.15) is 0 Å². The van der Waals surface area contributed by atoms with E-state index in [9.17, 15) is 0 Å². The molecule has 0 radical (unpaired) electrons. The number of nitrogens with zero attached hydrogens (tertiary/aromatic N) is 1. The molecule has 2 aliphatic heterocycles. The minimum absolute atomic E-state index is 0.259. The van der Waals surface area contributed by atoms with Crippen molar-refractivity contribution in [2.45, 2.75) is 51.8 Å². The third-order valence-electron chi connectivity index (χ3n) is 4.58. The molecule has 0 bridgehead atoms. The lowest BCUT2D eigenvalue weighted by molar-refractivity contribution is 0.00114. The zero-order valence-electron chi connectivity index (χ0n) is 11.1. The highest BCUT2D eigenvalue weighted by Gasteiger charge is 2.43. The van der Waals surface area contributed by atoms with Crippen molar-refractivity contribution in [2.24, 2.45) is 5.92 Å². The normalized spacial score (nSPS) is 41.8. The highest BCUT2D eigenvalue weighted by Crippen LogP contribution is 2.32. The summed E-state index contributed by atoms with van der Waals surface area (Å²) < 4.78 is 5.76. The molecule has 0 saturated carbocycles. The Hall–Kier alpha value is -0.120. The quantitative estimate of drug-likeness (QED) is 0.772. The van der Waals surface area contributed by atoms with E-state index in [4.69, 9.17) is 4.74 Å². The predicted molar refractivity (Wildman–Crippen MR) is 66.6 cm³/mol. The van der Waals surface area contributed by atoms with Gasteiger partial charge >= 0.3 is 0 Å². The minimum Gasteiger partial charge on any atom is -0.377 e. The molecule has 2 fully saturated rings. The van der Waals surface area contributed by atoms with Crippen LogP contribution in [0.1, 0.15) is 34.1 Å². The van der Waals surface area contributed by atoms with Gasteiger partial charge in [-0.2, -0.15) is 0 Å². The van der Waals surface area contributed by atoms with Crippen LogP contribution in [0.25, 0.3) is 0 Å². The first-order valence-corrected chi connectivity index (χ1v) is 6.64. The molecule has 3 atom stereocenters. The predicted octanol–water partition coefficient (Wildman–Crippen LogP) is 1.48. The van der Waals surface area contributed by atoms with E-state index >= 15 is 0 Å². The molecule has 16 heavy (non-hydrogen) atoms. The Labute approximate surface area is 99.5 Å². The lowest BCUT2D eigenvalue weighted by Crippen LogP contribution is -2.61. The third-order valence-corrected chi connectivity index (χ3v) is 4.58. The van der Waals surface area contributed by atoms with E-state index in [-0.39, 0.29) is 5.54 Å². The van der Waals surface area contributed by atoms with Crippen molar-refractivity contribution >= 4 is 0 Å². The Kier molecular flexibility index (Phi) is 3.57. The van der Waals surface area contributed by atoms with Gasteiger partial charge in [0.2, 0.25) is 0 Å². The van der Waals surface area contributed by atoms with Crippen LogP contribution in [0.3, 0.4) is 0 Å². The van der Waals surface area contributed by atoms with Crippen LogP contribution in [-0.2, 0) is 4.74 Å². The minimum atomic E-state index is 0.259. The largest absolute Gasteiger partial charge is 0.377 e. The Morgan fingerprint density at radius 1 is 1.44 bits per heavy atom. The van der Waals surface area contributed by atoms with Crippen LogP contribution in [0.2, 0.25) is 0 Å². The second kappa shape index (κ2) is 4.63. The summed E-state index contributed by atoms with van der Waals surface area (Å²) in [7, 11) is 0. The van der Waals surface area contributed by atoms with Crippen LogP contribution in [-0.4, -0.2) is 48.8 Å². The fourth-order valence-electron chi connectivity index (χ4n) is 2.93. The Balaban J connectivity index is 2.03. The van der Waals surface area contributed by atoms with Gasteiger partial charge in [0, 0.05) is 37.8 Å². The maximum Gasteiger partial charge on any atom is 0.0728 e. The summed E-state index contributed by atoms with van der Waals surface area (Å²) >= 11 is 0. The van der Waals surface area contributed by atoms with Gasteiger partial charge in [-0.05, 0) is 26.2 Å². The van der Waals surface area contributed by atoms with Crippen LogP contribution in [0.5, 0.6) is 0 Å². The summed E-state index contributed by atoms with van der Waals surface area (Å²) in [5.74, 6) is 0.712. The molecule has 3 nitrogen and oxygen atoms in total. The molecule has 2 heterocycles. The second-order valence-electron chi connectivity index (χ2n) is 5.87. The second-order valence-corrected chi connectivity index (χ2v) is 5.87. The van der Waals surface area contributed by atoms with Gasteiger partial charge in [-0.3, -0.25) is 4.90 Å². The van der Waals surface area contributed by atoms with Gasteiger partial charge in [0.05, 0.1) is 6.10 Å². The first kappa shape index (κ1) is 12.3. The standard InChI is InChI=1S/C13H26N2O/c1-10(2)12-9-15(7-6-14-12)13(4)5-8-16-11(13)3/h10-12,14H,5-9H2,1-4H3. The lowest BCUT2D eigenvalue weighted by atomic mass is 9.89. The first-order valence-electron chi connectivity index (χ1n) is 6.64. The van der Waals surface area contributed by atoms with Crippen LogP contribution >= 0.6 is 0 Å². The fourth-order valence-corrected chi connectivity index (χ4v) is 2.93. The van der Waals surface area contributed by atoms with Crippen molar-refractivity contribution in [3.63, 3.8) is 0 Å². The lowest BCUT2D eigenvalue weighted by Gasteiger charge is -2.46. The van der Waals surface area contributed by atoms with Crippen molar-refractivity contribution in [1.82, 2.24) is 10.2 Å². The van der Waals surface area contributed by atoms with E-state index in [0.29, 0.717) is 18.1 Å². The van der Waals surface area contributed by atoms with Crippen LogP contribution < -0.4 is 5.32 Å². The SMILES string of the molecule is CC(C)C1CN(C2(C)CCOC2C)CCN1. The zero-order valence-corrected chi connectivity index (χ0v) is 11.1. The molecule has 0 aromatic heterocycles. The molecule has 3 unspecified atom stereocenters. The average molecular weight is 226 g/mol. The molecule has 0 aromatic rings. The molecule has 0 aliphatic carbocycles. The maximum absolute atomic E-state index is 5.76. The van der Waals surface area contributed by atoms with E-state index in [2.05, 4.69) is 37.9 Å². The fraction of sp³-hybridized carbons (Fsp3) is 1.00. The maximum atomic E-state index is 5.76. The topological polar surface area (TPSA) is 24.5 Å². The van der Waals surface area contributed by atoms with E-state index in [1.54, 1.807) is 0 Å². The van der Waals surface area contributed by atoms with E-state index in [1.807, 2.05) is 0 Å². The van der Waals surface area contributed by atoms with Crippen molar-refractivity contribution in [3.8, 4) is 0 Å². The smallest absolute Gasteiger partial charge is 0.0728 e. The molecule has 0 spiro atoms. The molecule has 2 aliphatic rings. The van der Waals surface area contributed by atoms with Crippen LogP contribution in [0.15, 0.2) is 0 Å². The summed E-state index contributed by atoms with van der Waals surface area (Å²) in [5, 5.41) is 3.62. The number of ether oxygens (including phenoxy) is 1. The zero-order chi connectivity index (χ0) is 11.8. The van der Waals surface area contributed by atoms with Gasteiger partial charge in [-0.15, -0.1) is 0 Å².